The number of hydrogen-bond acceptors (Lipinski definition) is 2. The highest BCUT2D eigenvalue weighted by Gasteiger charge is 2.51. The Labute approximate surface area is 179 Å². The summed E-state index contributed by atoms with van der Waals surface area (Å²) >= 11 is 0. The minimum absolute atomic E-state index is 0.110. The van der Waals surface area contributed by atoms with Crippen LogP contribution in [0.4, 0.5) is 0 Å². The Morgan fingerprint density at radius 1 is 0.793 bits per heavy atom. The van der Waals surface area contributed by atoms with Gasteiger partial charge in [-0.25, -0.2) is 0 Å². The first-order chi connectivity index (χ1) is 14.0. The van der Waals surface area contributed by atoms with Crippen LogP contribution in [-0.2, 0) is 5.16 Å². The Hall–Kier alpha value is -1.01. The van der Waals surface area contributed by atoms with Gasteiger partial charge in [0, 0.05) is 16.3 Å². The summed E-state index contributed by atoms with van der Waals surface area (Å²) in [6, 6.07) is 4.25. The highest BCUT2D eigenvalue weighted by Crippen LogP contribution is 2.74. The Morgan fingerprint density at radius 2 is 1.28 bits per heavy atom. The SMILES string of the molecule is COc1ccc(OC)c2c1C(C)=C(C)[C@@]2(C)P(C1CCCCC1)C1CCCCC1. The summed E-state index contributed by atoms with van der Waals surface area (Å²) in [6.07, 6.45) is 14.3. The molecule has 2 saturated carbocycles. The van der Waals surface area contributed by atoms with Crippen LogP contribution in [0.5, 0.6) is 11.5 Å². The van der Waals surface area contributed by atoms with Gasteiger partial charge >= 0.3 is 0 Å². The first-order valence-electron chi connectivity index (χ1n) is 11.8. The lowest BCUT2D eigenvalue weighted by Crippen LogP contribution is -2.33. The van der Waals surface area contributed by atoms with Crippen molar-refractivity contribution in [3.05, 3.63) is 28.8 Å². The second-order valence-corrected chi connectivity index (χ2v) is 12.7. The summed E-state index contributed by atoms with van der Waals surface area (Å²) in [5.41, 5.74) is 7.57. The summed E-state index contributed by atoms with van der Waals surface area (Å²) in [6.45, 7) is 7.31. The molecule has 29 heavy (non-hydrogen) atoms. The van der Waals surface area contributed by atoms with Crippen LogP contribution in [0.1, 0.15) is 96.1 Å². The van der Waals surface area contributed by atoms with E-state index in [1.54, 1.807) is 5.57 Å². The van der Waals surface area contributed by atoms with Crippen LogP contribution in [0.15, 0.2) is 17.7 Å². The molecule has 2 nitrogen and oxygen atoms in total. The normalized spacial score (nSPS) is 26.1. The van der Waals surface area contributed by atoms with Gasteiger partial charge < -0.3 is 9.47 Å². The number of hydrogen-bond donors (Lipinski definition) is 0. The summed E-state index contributed by atoms with van der Waals surface area (Å²) in [5, 5.41) is 0.110. The van der Waals surface area contributed by atoms with Crippen molar-refractivity contribution in [2.45, 2.75) is 101 Å². The van der Waals surface area contributed by atoms with E-state index in [1.807, 2.05) is 14.2 Å². The van der Waals surface area contributed by atoms with Gasteiger partial charge in [0.25, 0.3) is 0 Å². The standard InChI is InChI=1S/C26H39O2P/c1-18-19(2)26(3,25-23(28-5)17-16-22(27-4)24(18)25)29(20-12-8-6-9-13-20)21-14-10-7-11-15-21/h16-17,20-21H,6-15H2,1-5H3/t26-/m1/s1. The van der Waals surface area contributed by atoms with Gasteiger partial charge in [-0.1, -0.05) is 52.0 Å². The predicted molar refractivity (Wildman–Crippen MR) is 126 cm³/mol. The van der Waals surface area contributed by atoms with E-state index in [9.17, 15) is 0 Å². The average molecular weight is 415 g/mol. The quantitative estimate of drug-likeness (QED) is 0.456. The van der Waals surface area contributed by atoms with E-state index in [4.69, 9.17) is 9.47 Å². The van der Waals surface area contributed by atoms with Crippen molar-refractivity contribution in [1.82, 2.24) is 0 Å². The zero-order chi connectivity index (χ0) is 20.6. The number of fused-ring (bicyclic) bond motifs is 1. The number of rotatable bonds is 5. The maximum absolute atomic E-state index is 6.00. The monoisotopic (exact) mass is 414 g/mol. The number of allylic oxidation sites excluding steroid dienone is 2. The Balaban J connectivity index is 1.90. The molecule has 1 atom stereocenters. The fraction of sp³-hybridized carbons (Fsp3) is 0.692. The van der Waals surface area contributed by atoms with E-state index in [2.05, 4.69) is 32.9 Å². The minimum Gasteiger partial charge on any atom is -0.496 e. The molecule has 0 spiro atoms. The Bertz CT molecular complexity index is 753. The third kappa shape index (κ3) is 3.44. The van der Waals surface area contributed by atoms with Gasteiger partial charge in [0.1, 0.15) is 11.5 Å². The second kappa shape index (κ2) is 8.62. The van der Waals surface area contributed by atoms with Gasteiger partial charge in [0.2, 0.25) is 0 Å². The lowest BCUT2D eigenvalue weighted by Gasteiger charge is -2.49. The molecule has 2 fully saturated rings. The van der Waals surface area contributed by atoms with Crippen molar-refractivity contribution in [2.75, 3.05) is 14.2 Å². The van der Waals surface area contributed by atoms with E-state index < -0.39 is 0 Å². The molecule has 1 aromatic carbocycles. The molecule has 0 N–H and O–H groups in total. The number of benzene rings is 1. The van der Waals surface area contributed by atoms with Gasteiger partial charge in [0.15, 0.2) is 0 Å². The van der Waals surface area contributed by atoms with Gasteiger partial charge in [-0.3, -0.25) is 0 Å². The summed E-state index contributed by atoms with van der Waals surface area (Å²) in [7, 11) is 3.49. The van der Waals surface area contributed by atoms with Crippen LogP contribution < -0.4 is 9.47 Å². The lowest BCUT2D eigenvalue weighted by atomic mass is 9.95. The lowest BCUT2D eigenvalue weighted by molar-refractivity contribution is 0.395. The van der Waals surface area contributed by atoms with E-state index in [0.717, 1.165) is 22.8 Å². The third-order valence-electron chi connectivity index (χ3n) is 8.18. The Morgan fingerprint density at radius 3 is 1.76 bits per heavy atom. The molecule has 0 unspecified atom stereocenters. The first-order valence-corrected chi connectivity index (χ1v) is 13.2. The van der Waals surface area contributed by atoms with Crippen LogP contribution >= 0.6 is 7.92 Å². The number of methoxy groups -OCH3 is 2. The first kappa shape index (κ1) is 21.2. The Kier molecular flexibility index (Phi) is 6.31. The summed E-state index contributed by atoms with van der Waals surface area (Å²) in [5.74, 6) is 2.09. The molecule has 1 aromatic rings. The van der Waals surface area contributed by atoms with Crippen molar-refractivity contribution in [2.24, 2.45) is 0 Å². The predicted octanol–water partition coefficient (Wildman–Crippen LogP) is 7.87. The van der Waals surface area contributed by atoms with Crippen molar-refractivity contribution >= 4 is 13.5 Å². The molecule has 0 aliphatic heterocycles. The molecule has 0 bridgehead atoms. The molecule has 0 heterocycles. The highest BCUT2D eigenvalue weighted by atomic mass is 31.1. The molecule has 3 aliphatic carbocycles. The molecule has 160 valence electrons. The average Bonchev–Trinajstić information content (AvgIpc) is 2.97. The molecule has 0 radical (unpaired) electrons. The largest absolute Gasteiger partial charge is 0.496 e. The molecular formula is C26H39O2P. The maximum atomic E-state index is 6.00. The van der Waals surface area contributed by atoms with Crippen molar-refractivity contribution in [1.29, 1.82) is 0 Å². The van der Waals surface area contributed by atoms with Gasteiger partial charge in [-0.05, 0) is 75.5 Å². The molecule has 3 aliphatic rings. The minimum atomic E-state index is -0.165. The van der Waals surface area contributed by atoms with E-state index >= 15 is 0 Å². The zero-order valence-corrected chi connectivity index (χ0v) is 20.0. The molecule has 0 saturated heterocycles. The summed E-state index contributed by atoms with van der Waals surface area (Å²) in [4.78, 5) is 0. The summed E-state index contributed by atoms with van der Waals surface area (Å²) < 4.78 is 11.9. The van der Waals surface area contributed by atoms with Crippen molar-refractivity contribution in [3.63, 3.8) is 0 Å². The van der Waals surface area contributed by atoms with Gasteiger partial charge in [-0.15, -0.1) is 0 Å². The highest BCUT2D eigenvalue weighted by molar-refractivity contribution is 7.60. The fourth-order valence-corrected chi connectivity index (χ4v) is 11.5. The smallest absolute Gasteiger partial charge is 0.126 e. The second-order valence-electron chi connectivity index (χ2n) is 9.53. The fourth-order valence-electron chi connectivity index (χ4n) is 6.57. The topological polar surface area (TPSA) is 18.5 Å². The van der Waals surface area contributed by atoms with E-state index in [-0.39, 0.29) is 13.1 Å². The van der Waals surface area contributed by atoms with Gasteiger partial charge in [-0.2, -0.15) is 0 Å². The van der Waals surface area contributed by atoms with Gasteiger partial charge in [0.05, 0.1) is 14.2 Å². The van der Waals surface area contributed by atoms with Crippen LogP contribution in [0.3, 0.4) is 0 Å². The van der Waals surface area contributed by atoms with Crippen LogP contribution in [0, 0.1) is 0 Å². The maximum Gasteiger partial charge on any atom is 0.126 e. The van der Waals surface area contributed by atoms with Crippen LogP contribution in [0.2, 0.25) is 0 Å². The third-order valence-corrected chi connectivity index (χ3v) is 12.4. The van der Waals surface area contributed by atoms with Crippen molar-refractivity contribution in [3.8, 4) is 11.5 Å². The van der Waals surface area contributed by atoms with E-state index in [0.29, 0.717) is 0 Å². The van der Waals surface area contributed by atoms with Crippen LogP contribution in [-0.4, -0.2) is 25.5 Å². The molecule has 0 aromatic heterocycles. The number of ether oxygens (including phenoxy) is 2. The molecule has 0 amide bonds. The van der Waals surface area contributed by atoms with Crippen molar-refractivity contribution < 1.29 is 9.47 Å². The molecule has 4 rings (SSSR count). The van der Waals surface area contributed by atoms with Crippen LogP contribution in [0.25, 0.3) is 5.57 Å². The molecule has 3 heteroatoms. The zero-order valence-electron chi connectivity index (χ0n) is 19.1. The molecular weight excluding hydrogens is 375 g/mol. The van der Waals surface area contributed by atoms with E-state index in [1.165, 1.54) is 80.9 Å².